The van der Waals surface area contributed by atoms with Gasteiger partial charge in [-0.25, -0.2) is 0 Å². The number of carbonyl (C=O) groups excluding carboxylic acids is 1. The SMILES string of the molecule is O=C(C1CCN(c2nc3ccccc3o2)CC1)N1CCC2CCC(C1)N2. The van der Waals surface area contributed by atoms with Crippen LogP contribution < -0.4 is 10.2 Å². The van der Waals surface area contributed by atoms with E-state index in [2.05, 4.69) is 20.1 Å². The standard InChI is InChI=1S/C20H26N4O2/c25-19(24-12-9-15-5-6-16(13-24)21-15)14-7-10-23(11-8-14)20-22-17-3-1-2-4-18(17)26-20/h1-4,14-16,21H,5-13H2. The third kappa shape index (κ3) is 2.96. The van der Waals surface area contributed by atoms with Crippen LogP contribution in [0.5, 0.6) is 0 Å². The number of aromatic nitrogens is 1. The van der Waals surface area contributed by atoms with E-state index in [9.17, 15) is 4.79 Å². The van der Waals surface area contributed by atoms with Crippen LogP contribution in [0.4, 0.5) is 6.01 Å². The van der Waals surface area contributed by atoms with Crippen molar-refractivity contribution in [2.24, 2.45) is 5.92 Å². The average Bonchev–Trinajstić information content (AvgIpc) is 3.24. The van der Waals surface area contributed by atoms with Crippen molar-refractivity contribution >= 4 is 23.0 Å². The number of fused-ring (bicyclic) bond motifs is 3. The van der Waals surface area contributed by atoms with Crippen LogP contribution in [-0.4, -0.2) is 54.1 Å². The summed E-state index contributed by atoms with van der Waals surface area (Å²) in [5.74, 6) is 0.504. The number of hydrogen-bond acceptors (Lipinski definition) is 5. The van der Waals surface area contributed by atoms with Crippen LogP contribution in [0, 0.1) is 5.92 Å². The Balaban J connectivity index is 1.21. The smallest absolute Gasteiger partial charge is 0.298 e. The van der Waals surface area contributed by atoms with Crippen molar-refractivity contribution in [1.29, 1.82) is 0 Å². The Morgan fingerprint density at radius 2 is 1.85 bits per heavy atom. The Morgan fingerprint density at radius 3 is 2.69 bits per heavy atom. The maximum Gasteiger partial charge on any atom is 0.298 e. The maximum absolute atomic E-state index is 13.0. The molecule has 3 aliphatic rings. The van der Waals surface area contributed by atoms with E-state index in [1.54, 1.807) is 0 Å². The molecule has 0 aliphatic carbocycles. The van der Waals surface area contributed by atoms with Crippen molar-refractivity contribution in [3.8, 4) is 0 Å². The lowest BCUT2D eigenvalue weighted by Gasteiger charge is -2.34. The number of hydrogen-bond donors (Lipinski definition) is 1. The summed E-state index contributed by atoms with van der Waals surface area (Å²) in [4.78, 5) is 21.9. The van der Waals surface area contributed by atoms with Gasteiger partial charge in [-0.2, -0.15) is 4.98 Å². The maximum atomic E-state index is 13.0. The lowest BCUT2D eigenvalue weighted by molar-refractivity contribution is -0.136. The van der Waals surface area contributed by atoms with Gasteiger partial charge in [0.25, 0.3) is 6.01 Å². The van der Waals surface area contributed by atoms with Gasteiger partial charge in [-0.05, 0) is 44.2 Å². The molecule has 2 atom stereocenters. The van der Waals surface area contributed by atoms with Crippen molar-refractivity contribution in [2.45, 2.75) is 44.2 Å². The highest BCUT2D eigenvalue weighted by atomic mass is 16.4. The molecule has 0 saturated carbocycles. The van der Waals surface area contributed by atoms with Crippen LogP contribution in [0.25, 0.3) is 11.1 Å². The second kappa shape index (κ2) is 6.58. The molecule has 3 aliphatic heterocycles. The van der Waals surface area contributed by atoms with Crippen LogP contribution in [0.1, 0.15) is 32.1 Å². The van der Waals surface area contributed by atoms with Gasteiger partial charge < -0.3 is 19.5 Å². The van der Waals surface area contributed by atoms with E-state index in [0.29, 0.717) is 24.0 Å². The molecular formula is C20H26N4O2. The number of anilines is 1. The lowest BCUT2D eigenvalue weighted by Crippen LogP contribution is -2.45. The summed E-state index contributed by atoms with van der Waals surface area (Å²) in [6.07, 6.45) is 5.36. The molecule has 3 saturated heterocycles. The molecule has 1 amide bonds. The fraction of sp³-hybridized carbons (Fsp3) is 0.600. The quantitative estimate of drug-likeness (QED) is 0.897. The summed E-state index contributed by atoms with van der Waals surface area (Å²) in [6.45, 7) is 3.47. The van der Waals surface area contributed by atoms with Gasteiger partial charge in [0, 0.05) is 44.2 Å². The van der Waals surface area contributed by atoms with E-state index in [4.69, 9.17) is 4.42 Å². The molecule has 4 heterocycles. The van der Waals surface area contributed by atoms with E-state index in [1.165, 1.54) is 12.8 Å². The number of carbonyl (C=O) groups is 1. The summed E-state index contributed by atoms with van der Waals surface area (Å²) in [7, 11) is 0. The van der Waals surface area contributed by atoms with Crippen molar-refractivity contribution in [2.75, 3.05) is 31.1 Å². The van der Waals surface area contributed by atoms with Gasteiger partial charge in [-0.3, -0.25) is 4.79 Å². The van der Waals surface area contributed by atoms with Gasteiger partial charge in [0.1, 0.15) is 5.52 Å². The van der Waals surface area contributed by atoms with E-state index in [-0.39, 0.29) is 5.92 Å². The zero-order valence-corrected chi connectivity index (χ0v) is 15.1. The monoisotopic (exact) mass is 354 g/mol. The summed E-state index contributed by atoms with van der Waals surface area (Å²) in [5, 5.41) is 3.66. The molecule has 6 heteroatoms. The lowest BCUT2D eigenvalue weighted by atomic mass is 9.94. The number of nitrogens with one attached hydrogen (secondary N) is 1. The Morgan fingerprint density at radius 1 is 1.04 bits per heavy atom. The second-order valence-electron chi connectivity index (χ2n) is 7.94. The van der Waals surface area contributed by atoms with Crippen LogP contribution in [0.3, 0.4) is 0 Å². The zero-order chi connectivity index (χ0) is 17.5. The van der Waals surface area contributed by atoms with E-state index in [1.807, 2.05) is 24.3 Å². The topological polar surface area (TPSA) is 61.6 Å². The Hall–Kier alpha value is -2.08. The molecule has 138 valence electrons. The molecule has 2 bridgehead atoms. The van der Waals surface area contributed by atoms with Gasteiger partial charge in [0.05, 0.1) is 0 Å². The normalized spacial score (nSPS) is 27.1. The third-order valence-corrected chi connectivity index (χ3v) is 6.23. The molecule has 3 fully saturated rings. The largest absolute Gasteiger partial charge is 0.423 e. The molecule has 1 N–H and O–H groups in total. The highest BCUT2D eigenvalue weighted by Gasteiger charge is 2.35. The highest BCUT2D eigenvalue weighted by Crippen LogP contribution is 2.28. The molecule has 2 unspecified atom stereocenters. The molecule has 1 aromatic carbocycles. The fourth-order valence-electron chi connectivity index (χ4n) is 4.71. The van der Waals surface area contributed by atoms with Crippen molar-refractivity contribution in [3.05, 3.63) is 24.3 Å². The van der Waals surface area contributed by atoms with Gasteiger partial charge >= 0.3 is 0 Å². The first-order valence-corrected chi connectivity index (χ1v) is 9.91. The van der Waals surface area contributed by atoms with Crippen molar-refractivity contribution < 1.29 is 9.21 Å². The second-order valence-corrected chi connectivity index (χ2v) is 7.94. The van der Waals surface area contributed by atoms with Crippen LogP contribution in [0.15, 0.2) is 28.7 Å². The van der Waals surface area contributed by atoms with E-state index >= 15 is 0 Å². The van der Waals surface area contributed by atoms with Gasteiger partial charge in [0.15, 0.2) is 5.58 Å². The van der Waals surface area contributed by atoms with Crippen molar-refractivity contribution in [3.63, 3.8) is 0 Å². The Kier molecular flexibility index (Phi) is 4.08. The summed E-state index contributed by atoms with van der Waals surface area (Å²) >= 11 is 0. The molecule has 5 rings (SSSR count). The Bertz CT molecular complexity index is 763. The molecule has 26 heavy (non-hydrogen) atoms. The molecule has 0 radical (unpaired) electrons. The van der Waals surface area contributed by atoms with Gasteiger partial charge in [0.2, 0.25) is 5.91 Å². The first-order valence-electron chi connectivity index (χ1n) is 9.91. The minimum atomic E-state index is 0.146. The minimum absolute atomic E-state index is 0.146. The summed E-state index contributed by atoms with van der Waals surface area (Å²) < 4.78 is 5.88. The molecule has 0 spiro atoms. The highest BCUT2D eigenvalue weighted by molar-refractivity contribution is 5.79. The molecule has 2 aromatic rings. The number of amides is 1. The number of rotatable bonds is 2. The van der Waals surface area contributed by atoms with Crippen LogP contribution in [-0.2, 0) is 4.79 Å². The summed E-state index contributed by atoms with van der Waals surface area (Å²) in [6, 6.07) is 9.68. The average molecular weight is 354 g/mol. The Labute approximate surface area is 153 Å². The fourth-order valence-corrected chi connectivity index (χ4v) is 4.71. The predicted molar refractivity (Wildman–Crippen MR) is 100 cm³/mol. The molecule has 6 nitrogen and oxygen atoms in total. The number of para-hydroxylation sites is 2. The number of piperidine rings is 1. The molecular weight excluding hydrogens is 328 g/mol. The van der Waals surface area contributed by atoms with Gasteiger partial charge in [-0.1, -0.05) is 12.1 Å². The summed E-state index contributed by atoms with van der Waals surface area (Å²) in [5.41, 5.74) is 1.72. The van der Waals surface area contributed by atoms with Crippen molar-refractivity contribution in [1.82, 2.24) is 15.2 Å². The predicted octanol–water partition coefficient (Wildman–Crippen LogP) is 2.40. The minimum Gasteiger partial charge on any atom is -0.423 e. The third-order valence-electron chi connectivity index (χ3n) is 6.23. The van der Waals surface area contributed by atoms with E-state index < -0.39 is 0 Å². The first kappa shape index (κ1) is 16.1. The number of nitrogens with zero attached hydrogens (tertiary/aromatic N) is 3. The first-order chi connectivity index (χ1) is 12.8. The number of likely N-dealkylation sites (tertiary alicyclic amines) is 1. The zero-order valence-electron chi connectivity index (χ0n) is 15.1. The van der Waals surface area contributed by atoms with Crippen LogP contribution >= 0.6 is 0 Å². The number of benzene rings is 1. The van der Waals surface area contributed by atoms with E-state index in [0.717, 1.165) is 56.5 Å². The number of oxazole rings is 1. The van der Waals surface area contributed by atoms with Gasteiger partial charge in [-0.15, -0.1) is 0 Å². The molecule has 1 aromatic heterocycles. The van der Waals surface area contributed by atoms with Crippen LogP contribution in [0.2, 0.25) is 0 Å².